The largest absolute Gasteiger partial charge is 0.379 e. The second-order valence-corrected chi connectivity index (χ2v) is 7.12. The average Bonchev–Trinajstić information content (AvgIpc) is 2.61. The minimum Gasteiger partial charge on any atom is -0.379 e. The number of hydrogen-bond acceptors (Lipinski definition) is 3. The Hall–Kier alpha value is -0.640. The Balaban J connectivity index is 0.00000338. The summed E-state index contributed by atoms with van der Waals surface area (Å²) in [5, 5.41) is 6.77. The molecule has 8 heteroatoms. The normalized spacial score (nSPS) is 16.1. The minimum absolute atomic E-state index is 0. The molecule has 1 aliphatic heterocycles. The molecular formula is C18H29ClFIN4O. The van der Waals surface area contributed by atoms with Crippen LogP contribution in [-0.2, 0) is 11.3 Å². The molecule has 0 spiro atoms. The van der Waals surface area contributed by atoms with Gasteiger partial charge in [0.1, 0.15) is 5.82 Å². The SMILES string of the molecule is CCNC(=NCc1ccc(F)c(Cl)c1)NCC(C)(C)N1CCOCC1.I. The quantitative estimate of drug-likeness (QED) is 0.359. The molecule has 26 heavy (non-hydrogen) atoms. The van der Waals surface area contributed by atoms with E-state index < -0.39 is 5.82 Å². The molecule has 1 fully saturated rings. The van der Waals surface area contributed by atoms with E-state index in [0.717, 1.165) is 50.9 Å². The van der Waals surface area contributed by atoms with E-state index in [1.165, 1.54) is 6.07 Å². The number of nitrogens with one attached hydrogen (secondary N) is 2. The van der Waals surface area contributed by atoms with Crippen molar-refractivity contribution in [3.63, 3.8) is 0 Å². The number of morpholine rings is 1. The molecule has 1 aromatic rings. The van der Waals surface area contributed by atoms with Gasteiger partial charge in [0.25, 0.3) is 0 Å². The van der Waals surface area contributed by atoms with Crippen molar-refractivity contribution < 1.29 is 9.13 Å². The van der Waals surface area contributed by atoms with Gasteiger partial charge in [-0.05, 0) is 38.5 Å². The van der Waals surface area contributed by atoms with Crippen molar-refractivity contribution in [2.75, 3.05) is 39.4 Å². The molecule has 0 amide bonds. The lowest BCUT2D eigenvalue weighted by Gasteiger charge is -2.41. The van der Waals surface area contributed by atoms with Crippen LogP contribution in [0.5, 0.6) is 0 Å². The van der Waals surface area contributed by atoms with Gasteiger partial charge >= 0.3 is 0 Å². The van der Waals surface area contributed by atoms with Crippen LogP contribution in [-0.4, -0.2) is 55.8 Å². The molecule has 1 aromatic carbocycles. The second kappa shape index (κ2) is 11.3. The summed E-state index contributed by atoms with van der Waals surface area (Å²) in [7, 11) is 0. The van der Waals surface area contributed by atoms with Crippen LogP contribution in [0.2, 0.25) is 5.02 Å². The number of hydrogen-bond donors (Lipinski definition) is 2. The molecule has 0 unspecified atom stereocenters. The van der Waals surface area contributed by atoms with Gasteiger partial charge in [-0.15, -0.1) is 24.0 Å². The van der Waals surface area contributed by atoms with E-state index in [-0.39, 0.29) is 34.5 Å². The highest BCUT2D eigenvalue weighted by atomic mass is 127. The van der Waals surface area contributed by atoms with Crippen molar-refractivity contribution in [2.24, 2.45) is 4.99 Å². The van der Waals surface area contributed by atoms with Crippen molar-refractivity contribution in [1.29, 1.82) is 0 Å². The first-order valence-electron chi connectivity index (χ1n) is 8.71. The highest BCUT2D eigenvalue weighted by Crippen LogP contribution is 2.17. The Morgan fingerprint density at radius 1 is 1.31 bits per heavy atom. The molecule has 1 saturated heterocycles. The van der Waals surface area contributed by atoms with Crippen molar-refractivity contribution in [3.8, 4) is 0 Å². The lowest BCUT2D eigenvalue weighted by molar-refractivity contribution is -0.00834. The average molecular weight is 499 g/mol. The monoisotopic (exact) mass is 498 g/mol. The Morgan fingerprint density at radius 2 is 2.00 bits per heavy atom. The number of halogens is 3. The summed E-state index contributed by atoms with van der Waals surface area (Å²) in [5.74, 6) is 0.330. The van der Waals surface area contributed by atoms with Gasteiger partial charge in [0.2, 0.25) is 0 Å². The topological polar surface area (TPSA) is 48.9 Å². The third-order valence-corrected chi connectivity index (χ3v) is 4.59. The second-order valence-electron chi connectivity index (χ2n) is 6.71. The van der Waals surface area contributed by atoms with E-state index in [1.54, 1.807) is 12.1 Å². The summed E-state index contributed by atoms with van der Waals surface area (Å²) >= 11 is 5.83. The lowest BCUT2D eigenvalue weighted by atomic mass is 10.0. The number of aliphatic imine (C=N–C) groups is 1. The maximum absolute atomic E-state index is 13.2. The highest BCUT2D eigenvalue weighted by molar-refractivity contribution is 14.0. The maximum atomic E-state index is 13.2. The zero-order chi connectivity index (χ0) is 18.3. The maximum Gasteiger partial charge on any atom is 0.191 e. The zero-order valence-electron chi connectivity index (χ0n) is 15.6. The molecule has 2 rings (SSSR count). The predicted molar refractivity (Wildman–Crippen MR) is 116 cm³/mol. The van der Waals surface area contributed by atoms with Crippen molar-refractivity contribution in [2.45, 2.75) is 32.9 Å². The summed E-state index contributed by atoms with van der Waals surface area (Å²) in [4.78, 5) is 7.00. The van der Waals surface area contributed by atoms with Gasteiger partial charge in [0.05, 0.1) is 24.8 Å². The number of ether oxygens (including phenoxy) is 1. The lowest BCUT2D eigenvalue weighted by Crippen LogP contribution is -2.56. The molecule has 0 aliphatic carbocycles. The summed E-state index contributed by atoms with van der Waals surface area (Å²) in [6.45, 7) is 11.9. The fourth-order valence-electron chi connectivity index (χ4n) is 2.73. The summed E-state index contributed by atoms with van der Waals surface area (Å²) in [6.07, 6.45) is 0. The van der Waals surface area contributed by atoms with Crippen LogP contribution in [0.1, 0.15) is 26.3 Å². The van der Waals surface area contributed by atoms with Crippen molar-refractivity contribution >= 4 is 41.5 Å². The summed E-state index contributed by atoms with van der Waals surface area (Å²) < 4.78 is 18.7. The number of guanidine groups is 1. The van der Waals surface area contributed by atoms with Crippen LogP contribution in [0.15, 0.2) is 23.2 Å². The van der Waals surface area contributed by atoms with Crippen LogP contribution in [0.4, 0.5) is 4.39 Å². The first kappa shape index (κ1) is 23.4. The fraction of sp³-hybridized carbons (Fsp3) is 0.611. The predicted octanol–water partition coefficient (Wildman–Crippen LogP) is 3.26. The fourth-order valence-corrected chi connectivity index (χ4v) is 2.93. The Morgan fingerprint density at radius 3 is 2.62 bits per heavy atom. The Bertz CT molecular complexity index is 595. The van der Waals surface area contributed by atoms with Crippen LogP contribution < -0.4 is 10.6 Å². The van der Waals surface area contributed by atoms with Crippen molar-refractivity contribution in [1.82, 2.24) is 15.5 Å². The van der Waals surface area contributed by atoms with Crippen LogP contribution in [0.25, 0.3) is 0 Å². The minimum atomic E-state index is -0.410. The van der Waals surface area contributed by atoms with Gasteiger partial charge < -0.3 is 15.4 Å². The van der Waals surface area contributed by atoms with Crippen molar-refractivity contribution in [3.05, 3.63) is 34.6 Å². The number of benzene rings is 1. The first-order chi connectivity index (χ1) is 11.9. The molecule has 1 heterocycles. The van der Waals surface area contributed by atoms with Gasteiger partial charge in [-0.3, -0.25) is 4.90 Å². The molecule has 148 valence electrons. The van der Waals surface area contributed by atoms with E-state index in [2.05, 4.69) is 34.4 Å². The third-order valence-electron chi connectivity index (χ3n) is 4.30. The van der Waals surface area contributed by atoms with E-state index in [0.29, 0.717) is 6.54 Å². The van der Waals surface area contributed by atoms with Gasteiger partial charge in [0.15, 0.2) is 5.96 Å². The Kier molecular flexibility index (Phi) is 10.1. The van der Waals surface area contributed by atoms with Crippen LogP contribution in [0, 0.1) is 5.82 Å². The first-order valence-corrected chi connectivity index (χ1v) is 9.09. The summed E-state index contributed by atoms with van der Waals surface area (Å²) in [6, 6.07) is 4.68. The number of nitrogens with zero attached hydrogens (tertiary/aromatic N) is 2. The third kappa shape index (κ3) is 7.17. The summed E-state index contributed by atoms with van der Waals surface area (Å²) in [5.41, 5.74) is 0.870. The van der Waals surface area contributed by atoms with E-state index >= 15 is 0 Å². The molecule has 1 aliphatic rings. The molecule has 0 radical (unpaired) electrons. The number of rotatable bonds is 6. The molecular weight excluding hydrogens is 470 g/mol. The zero-order valence-corrected chi connectivity index (χ0v) is 18.7. The Labute approximate surface area is 177 Å². The van der Waals surface area contributed by atoms with E-state index in [1.807, 2.05) is 6.92 Å². The molecule has 0 atom stereocenters. The smallest absolute Gasteiger partial charge is 0.191 e. The molecule has 0 saturated carbocycles. The highest BCUT2D eigenvalue weighted by Gasteiger charge is 2.28. The standard InChI is InChI=1S/C18H28ClFN4O.HI/c1-4-21-17(22-12-14-5-6-16(20)15(19)11-14)23-13-18(2,3)24-7-9-25-10-8-24;/h5-6,11H,4,7-10,12-13H2,1-3H3,(H2,21,22,23);1H. The molecule has 5 nitrogen and oxygen atoms in total. The van der Waals surface area contributed by atoms with E-state index in [4.69, 9.17) is 16.3 Å². The van der Waals surface area contributed by atoms with Crippen LogP contribution >= 0.6 is 35.6 Å². The van der Waals surface area contributed by atoms with Crippen LogP contribution in [0.3, 0.4) is 0 Å². The van der Waals surface area contributed by atoms with E-state index in [9.17, 15) is 4.39 Å². The van der Waals surface area contributed by atoms with Gasteiger partial charge in [-0.2, -0.15) is 0 Å². The molecule has 0 aromatic heterocycles. The molecule has 0 bridgehead atoms. The van der Waals surface area contributed by atoms with Gasteiger partial charge in [-0.1, -0.05) is 17.7 Å². The van der Waals surface area contributed by atoms with Gasteiger partial charge in [-0.25, -0.2) is 9.38 Å². The molecule has 2 N–H and O–H groups in total. The van der Waals surface area contributed by atoms with Gasteiger partial charge in [0, 0.05) is 31.7 Å².